The van der Waals surface area contributed by atoms with Crippen LogP contribution < -0.4 is 0 Å². The van der Waals surface area contributed by atoms with E-state index in [1.165, 1.54) is 0 Å². The summed E-state index contributed by atoms with van der Waals surface area (Å²) in [6.07, 6.45) is -7.56. The lowest BCUT2D eigenvalue weighted by atomic mass is 10.1. The summed E-state index contributed by atoms with van der Waals surface area (Å²) in [5.74, 6) is 0. The van der Waals surface area contributed by atoms with E-state index in [-0.39, 0.29) is 0 Å². The van der Waals surface area contributed by atoms with Gasteiger partial charge in [-0.2, -0.15) is 0 Å². The topological polar surface area (TPSA) is 183 Å². The Hall–Kier alpha value is 0.1000. The first-order valence-electron chi connectivity index (χ1n) is 5.28. The molecule has 0 aromatic rings. The van der Waals surface area contributed by atoms with Crippen molar-refractivity contribution in [2.75, 3.05) is 13.2 Å². The number of hydrogen-bond donors (Lipinski definition) is 6. The van der Waals surface area contributed by atoms with Crippen molar-refractivity contribution < 1.29 is 54.1 Å². The van der Waals surface area contributed by atoms with Crippen LogP contribution in [0, 0.1) is 0 Å². The van der Waals surface area contributed by atoms with Crippen LogP contribution in [0.4, 0.5) is 0 Å². The predicted octanol–water partition coefficient (Wildman–Crippen LogP) is -2.31. The smallest absolute Gasteiger partial charge is 0.388 e. The van der Waals surface area contributed by atoms with Gasteiger partial charge in [0.05, 0.1) is 14.6 Å². The Labute approximate surface area is 108 Å². The molecular formula is C6H14O11P2. The maximum atomic E-state index is 10.5. The van der Waals surface area contributed by atoms with Gasteiger partial charge in [0.15, 0.2) is 0 Å². The summed E-state index contributed by atoms with van der Waals surface area (Å²) in [5.41, 5.74) is 0. The van der Waals surface area contributed by atoms with Crippen molar-refractivity contribution in [3.8, 4) is 0 Å². The molecule has 1 fully saturated rings. The zero-order valence-electron chi connectivity index (χ0n) is 10.3. The van der Waals surface area contributed by atoms with Gasteiger partial charge in [-0.3, -0.25) is 9.05 Å². The summed E-state index contributed by atoms with van der Waals surface area (Å²) >= 11 is 0. The molecule has 13 heteroatoms. The second kappa shape index (κ2) is 6.25. The minimum absolute atomic E-state index is 0.834. The lowest BCUT2D eigenvalue weighted by molar-refractivity contribution is -0.0382. The molecule has 0 saturated carbocycles. The molecule has 0 radical (unpaired) electrons. The first kappa shape index (κ1) is 15.5. The lowest BCUT2D eigenvalue weighted by Crippen LogP contribution is -2.35. The standard InChI is InChI=1S/C6H14O11P2/c7-5-3(1-15-18(9,10)11)17-4(6(5)8)2-16-19(12,13)14/h3-8H,1-2H2,(H2,9,10,11)(H2,12,13,14)/t3-,4+,5-,6+/i3T/m1/s1. The Bertz CT molecular complexity index is 433. The summed E-state index contributed by atoms with van der Waals surface area (Å²) in [6.45, 7) is -1.90. The fraction of sp³-hybridized carbons (Fsp3) is 1.00. The SMILES string of the molecule is [3H][C@]1(COP(=O)(O)O)O[C@@H](COP(=O)(O)O)[C@H](O)[C@@H]1O. The molecule has 1 aliphatic heterocycles. The Balaban J connectivity index is 2.67. The van der Waals surface area contributed by atoms with E-state index in [1.807, 2.05) is 0 Å². The third-order valence-electron chi connectivity index (χ3n) is 2.12. The van der Waals surface area contributed by atoms with Gasteiger partial charge in [0.25, 0.3) is 0 Å². The summed E-state index contributed by atoms with van der Waals surface area (Å²) < 4.78 is 41.5. The molecule has 1 rings (SSSR count). The molecule has 1 aliphatic rings. The van der Waals surface area contributed by atoms with Gasteiger partial charge in [-0.15, -0.1) is 0 Å². The van der Waals surface area contributed by atoms with Crippen LogP contribution in [-0.4, -0.2) is 67.4 Å². The van der Waals surface area contributed by atoms with Crippen molar-refractivity contribution in [1.82, 2.24) is 0 Å². The molecule has 6 N–H and O–H groups in total. The monoisotopic (exact) mass is 326 g/mol. The molecule has 114 valence electrons. The Kier molecular flexibility index (Phi) is 5.09. The van der Waals surface area contributed by atoms with Gasteiger partial charge in [0, 0.05) is 0 Å². The average molecular weight is 326 g/mol. The highest BCUT2D eigenvalue weighted by Crippen LogP contribution is 2.39. The van der Waals surface area contributed by atoms with E-state index >= 15 is 0 Å². The average Bonchev–Trinajstić information content (AvgIpc) is 2.48. The molecule has 11 nitrogen and oxygen atoms in total. The number of rotatable bonds is 6. The summed E-state index contributed by atoms with van der Waals surface area (Å²) in [7, 11) is -9.76. The molecule has 1 heterocycles. The fourth-order valence-electron chi connectivity index (χ4n) is 1.30. The van der Waals surface area contributed by atoms with Gasteiger partial charge < -0.3 is 34.5 Å². The summed E-state index contributed by atoms with van der Waals surface area (Å²) in [4.78, 5) is 34.0. The third-order valence-corrected chi connectivity index (χ3v) is 3.07. The highest BCUT2D eigenvalue weighted by atomic mass is 31.2. The molecule has 0 bridgehead atoms. The molecule has 19 heavy (non-hydrogen) atoms. The highest BCUT2D eigenvalue weighted by molar-refractivity contribution is 7.46. The number of hydrogen-bond acceptors (Lipinski definition) is 7. The van der Waals surface area contributed by atoms with Crippen LogP contribution in [0.2, 0.25) is 0 Å². The first-order valence-corrected chi connectivity index (χ1v) is 7.84. The van der Waals surface area contributed by atoms with Crippen molar-refractivity contribution >= 4 is 15.6 Å². The van der Waals surface area contributed by atoms with E-state index in [9.17, 15) is 19.3 Å². The van der Waals surface area contributed by atoms with Gasteiger partial charge in [-0.1, -0.05) is 0 Å². The summed E-state index contributed by atoms with van der Waals surface area (Å²) in [6, 6.07) is 0. The normalized spacial score (nSPS) is 37.4. The van der Waals surface area contributed by atoms with E-state index in [0.29, 0.717) is 0 Å². The maximum Gasteiger partial charge on any atom is 0.469 e. The molecule has 1 saturated heterocycles. The Morgan fingerprint density at radius 1 is 1.00 bits per heavy atom. The lowest BCUT2D eigenvalue weighted by Gasteiger charge is -2.15. The van der Waals surface area contributed by atoms with Crippen LogP contribution in [0.25, 0.3) is 0 Å². The Morgan fingerprint density at radius 2 is 1.47 bits per heavy atom. The van der Waals surface area contributed by atoms with Gasteiger partial charge in [-0.05, 0) is 0 Å². The van der Waals surface area contributed by atoms with E-state index in [4.69, 9.17) is 25.7 Å². The molecule has 0 aliphatic carbocycles. The van der Waals surface area contributed by atoms with Crippen molar-refractivity contribution in [3.05, 3.63) is 0 Å². The van der Waals surface area contributed by atoms with Crippen LogP contribution in [0.1, 0.15) is 1.37 Å². The van der Waals surface area contributed by atoms with E-state index in [2.05, 4.69) is 9.05 Å². The van der Waals surface area contributed by atoms with Crippen molar-refractivity contribution in [2.24, 2.45) is 0 Å². The van der Waals surface area contributed by atoms with Crippen LogP contribution in [0.3, 0.4) is 0 Å². The van der Waals surface area contributed by atoms with E-state index in [1.54, 1.807) is 0 Å². The van der Waals surface area contributed by atoms with Crippen LogP contribution in [0.15, 0.2) is 0 Å². The second-order valence-corrected chi connectivity index (χ2v) is 6.09. The molecule has 0 amide bonds. The molecule has 4 atom stereocenters. The number of ether oxygens (including phenoxy) is 1. The molecule has 0 aromatic carbocycles. The van der Waals surface area contributed by atoms with E-state index in [0.717, 1.165) is 0 Å². The summed E-state index contributed by atoms with van der Waals surface area (Å²) in [5, 5.41) is 19.1. The largest absolute Gasteiger partial charge is 0.469 e. The van der Waals surface area contributed by atoms with E-state index < -0.39 is 53.3 Å². The molecule has 0 spiro atoms. The van der Waals surface area contributed by atoms with Crippen molar-refractivity contribution in [1.29, 1.82) is 0 Å². The quantitative estimate of drug-likeness (QED) is 0.288. The number of phosphoric acid groups is 2. The number of phosphoric ester groups is 2. The molecule has 0 unspecified atom stereocenters. The Morgan fingerprint density at radius 3 is 1.95 bits per heavy atom. The van der Waals surface area contributed by atoms with Crippen molar-refractivity contribution in [3.63, 3.8) is 0 Å². The van der Waals surface area contributed by atoms with Crippen LogP contribution in [0.5, 0.6) is 0 Å². The molecule has 0 aromatic heterocycles. The highest BCUT2D eigenvalue weighted by Gasteiger charge is 2.44. The number of aliphatic hydroxyl groups excluding tert-OH is 2. The second-order valence-electron chi connectivity index (χ2n) is 3.61. The van der Waals surface area contributed by atoms with Crippen LogP contribution >= 0.6 is 15.6 Å². The zero-order valence-corrected chi connectivity index (χ0v) is 11.1. The first-order chi connectivity index (χ1) is 8.84. The minimum Gasteiger partial charge on any atom is -0.388 e. The number of aliphatic hydroxyl groups is 2. The maximum absolute atomic E-state index is 10.5. The predicted molar refractivity (Wildman–Crippen MR) is 56.7 cm³/mol. The van der Waals surface area contributed by atoms with Crippen molar-refractivity contribution in [2.45, 2.75) is 24.4 Å². The minimum atomic E-state index is -4.92. The van der Waals surface area contributed by atoms with Gasteiger partial charge in [-0.25, -0.2) is 9.13 Å². The van der Waals surface area contributed by atoms with Gasteiger partial charge in [0.2, 0.25) is 0 Å². The van der Waals surface area contributed by atoms with Gasteiger partial charge >= 0.3 is 15.6 Å². The third kappa shape index (κ3) is 5.94. The fourth-order valence-corrected chi connectivity index (χ4v) is 1.93. The van der Waals surface area contributed by atoms with Gasteiger partial charge in [0.1, 0.15) is 24.4 Å². The zero-order chi connectivity index (χ0) is 15.8. The molecular weight excluding hydrogens is 310 g/mol. The van der Waals surface area contributed by atoms with Crippen LogP contribution in [-0.2, 0) is 22.9 Å².